The van der Waals surface area contributed by atoms with E-state index in [1.54, 1.807) is 0 Å². The summed E-state index contributed by atoms with van der Waals surface area (Å²) in [5, 5.41) is 2.61. The van der Waals surface area contributed by atoms with E-state index in [0.717, 1.165) is 0 Å². The number of alkyl halides is 3. The average molecular weight is 254 g/mol. The quantitative estimate of drug-likeness (QED) is 0.780. The molecule has 7 heteroatoms. The molecule has 2 atom stereocenters. The summed E-state index contributed by atoms with van der Waals surface area (Å²) in [6.07, 6.45) is -3.77. The van der Waals surface area contributed by atoms with Gasteiger partial charge < -0.3 is 15.8 Å². The third-order valence-electron chi connectivity index (χ3n) is 3.18. The number of ether oxygens (including phenoxy) is 1. The van der Waals surface area contributed by atoms with Crippen LogP contribution in [0, 0.1) is 5.41 Å². The smallest absolute Gasteiger partial charge is 0.362 e. The van der Waals surface area contributed by atoms with Crippen LogP contribution in [-0.2, 0) is 9.53 Å². The van der Waals surface area contributed by atoms with Gasteiger partial charge in [-0.2, -0.15) is 13.2 Å². The van der Waals surface area contributed by atoms with Crippen molar-refractivity contribution in [2.45, 2.75) is 38.5 Å². The molecule has 2 unspecified atom stereocenters. The third kappa shape index (κ3) is 3.85. The number of nitrogens with one attached hydrogen (secondary N) is 1. The maximum atomic E-state index is 11.7. The summed E-state index contributed by atoms with van der Waals surface area (Å²) in [5.74, 6) is -0.542. The highest BCUT2D eigenvalue weighted by Gasteiger charge is 2.46. The zero-order valence-electron chi connectivity index (χ0n) is 9.80. The number of amides is 1. The Hall–Kier alpha value is -0.820. The van der Waals surface area contributed by atoms with Crippen molar-refractivity contribution in [1.82, 2.24) is 5.32 Å². The molecule has 1 aliphatic carbocycles. The van der Waals surface area contributed by atoms with Gasteiger partial charge in [-0.1, -0.05) is 13.8 Å². The molecular formula is C10H17F3N2O2. The second kappa shape index (κ2) is 4.81. The Bertz CT molecular complexity index is 292. The van der Waals surface area contributed by atoms with Crippen molar-refractivity contribution in [2.24, 2.45) is 11.1 Å². The Balaban J connectivity index is 2.23. The maximum Gasteiger partial charge on any atom is 0.411 e. The van der Waals surface area contributed by atoms with E-state index in [0.29, 0.717) is 6.42 Å². The molecule has 0 aromatic carbocycles. The number of halogens is 3. The van der Waals surface area contributed by atoms with Gasteiger partial charge >= 0.3 is 6.18 Å². The third-order valence-corrected chi connectivity index (χ3v) is 3.18. The zero-order chi connectivity index (χ0) is 13.3. The Morgan fingerprint density at radius 1 is 1.53 bits per heavy atom. The predicted octanol–water partition coefficient (Wildman–Crippen LogP) is 0.807. The number of nitrogens with two attached hydrogens (primary N) is 1. The Morgan fingerprint density at radius 3 is 2.53 bits per heavy atom. The molecule has 1 saturated carbocycles. The van der Waals surface area contributed by atoms with Crippen LogP contribution in [0.15, 0.2) is 0 Å². The summed E-state index contributed by atoms with van der Waals surface area (Å²) < 4.78 is 39.5. The fourth-order valence-electron chi connectivity index (χ4n) is 1.70. The summed E-state index contributed by atoms with van der Waals surface area (Å²) in [6, 6.07) is -0.0941. The minimum atomic E-state index is -4.40. The number of hydrogen-bond donors (Lipinski definition) is 2. The van der Waals surface area contributed by atoms with Gasteiger partial charge in [0, 0.05) is 17.5 Å². The average Bonchev–Trinajstić information content (AvgIpc) is 2.15. The fraction of sp³-hybridized carbons (Fsp3) is 0.900. The van der Waals surface area contributed by atoms with Gasteiger partial charge in [0.25, 0.3) is 0 Å². The minimum absolute atomic E-state index is 0.00361. The van der Waals surface area contributed by atoms with E-state index >= 15 is 0 Å². The Kier molecular flexibility index (Phi) is 4.03. The lowest BCUT2D eigenvalue weighted by molar-refractivity contribution is -0.176. The highest BCUT2D eigenvalue weighted by molar-refractivity contribution is 5.77. The Morgan fingerprint density at radius 2 is 2.12 bits per heavy atom. The first-order valence-electron chi connectivity index (χ1n) is 5.32. The number of carbonyl (C=O) groups is 1. The second-order valence-electron chi connectivity index (χ2n) is 4.89. The van der Waals surface area contributed by atoms with Gasteiger partial charge in [0.1, 0.15) is 13.2 Å². The molecule has 100 valence electrons. The lowest BCUT2D eigenvalue weighted by Gasteiger charge is -2.50. The highest BCUT2D eigenvalue weighted by Crippen LogP contribution is 2.38. The Labute approximate surface area is 97.7 Å². The van der Waals surface area contributed by atoms with E-state index in [-0.39, 0.29) is 17.5 Å². The largest absolute Gasteiger partial charge is 0.411 e. The first-order valence-corrected chi connectivity index (χ1v) is 5.32. The van der Waals surface area contributed by atoms with Crippen LogP contribution >= 0.6 is 0 Å². The minimum Gasteiger partial charge on any atom is -0.362 e. The van der Waals surface area contributed by atoms with Crippen LogP contribution in [0.1, 0.15) is 20.3 Å². The normalized spacial score (nSPS) is 27.4. The van der Waals surface area contributed by atoms with Crippen LogP contribution in [-0.4, -0.2) is 37.4 Å². The van der Waals surface area contributed by atoms with Crippen molar-refractivity contribution in [2.75, 3.05) is 13.2 Å². The maximum absolute atomic E-state index is 11.7. The molecule has 4 nitrogen and oxygen atoms in total. The highest BCUT2D eigenvalue weighted by atomic mass is 19.4. The summed E-state index contributed by atoms with van der Waals surface area (Å²) in [7, 11) is 0. The molecule has 1 aliphatic rings. The molecule has 17 heavy (non-hydrogen) atoms. The molecule has 3 N–H and O–H groups in total. The molecular weight excluding hydrogens is 237 g/mol. The molecule has 0 aromatic heterocycles. The summed E-state index contributed by atoms with van der Waals surface area (Å²) >= 11 is 0. The number of rotatable bonds is 4. The van der Waals surface area contributed by atoms with E-state index < -0.39 is 25.3 Å². The van der Waals surface area contributed by atoms with E-state index in [2.05, 4.69) is 10.1 Å². The van der Waals surface area contributed by atoms with Crippen LogP contribution < -0.4 is 11.1 Å². The van der Waals surface area contributed by atoms with Crippen molar-refractivity contribution in [3.8, 4) is 0 Å². The first kappa shape index (κ1) is 14.2. The summed E-state index contributed by atoms with van der Waals surface area (Å²) in [5.41, 5.74) is 5.53. The summed E-state index contributed by atoms with van der Waals surface area (Å²) in [6.45, 7) is 1.82. The van der Waals surface area contributed by atoms with E-state index in [4.69, 9.17) is 5.73 Å². The van der Waals surface area contributed by atoms with E-state index in [9.17, 15) is 18.0 Å². The van der Waals surface area contributed by atoms with Gasteiger partial charge in [0.05, 0.1) is 0 Å². The van der Waals surface area contributed by atoms with Crippen molar-refractivity contribution in [3.63, 3.8) is 0 Å². The zero-order valence-corrected chi connectivity index (χ0v) is 9.80. The lowest BCUT2D eigenvalue weighted by atomic mass is 9.63. The van der Waals surface area contributed by atoms with Crippen molar-refractivity contribution in [3.05, 3.63) is 0 Å². The molecule has 0 bridgehead atoms. The SMILES string of the molecule is CC1(C)C(N)CC1NC(=O)COCC(F)(F)F. The second-order valence-corrected chi connectivity index (χ2v) is 4.89. The van der Waals surface area contributed by atoms with Gasteiger partial charge in [0.15, 0.2) is 0 Å². The van der Waals surface area contributed by atoms with Crippen LogP contribution in [0.25, 0.3) is 0 Å². The van der Waals surface area contributed by atoms with Crippen LogP contribution in [0.3, 0.4) is 0 Å². The summed E-state index contributed by atoms with van der Waals surface area (Å²) in [4.78, 5) is 11.3. The molecule has 0 spiro atoms. The van der Waals surface area contributed by atoms with Gasteiger partial charge in [-0.3, -0.25) is 4.79 Å². The molecule has 0 saturated heterocycles. The van der Waals surface area contributed by atoms with Gasteiger partial charge in [0.2, 0.25) is 5.91 Å². The molecule has 0 radical (unpaired) electrons. The topological polar surface area (TPSA) is 64.3 Å². The number of carbonyl (C=O) groups excluding carboxylic acids is 1. The standard InChI is InChI=1S/C10H17F3N2O2/c1-9(2)6(14)3-7(9)15-8(16)4-17-5-10(11,12)13/h6-7H,3-5,14H2,1-2H3,(H,15,16). The molecule has 1 amide bonds. The molecule has 0 heterocycles. The van der Waals surface area contributed by atoms with Gasteiger partial charge in [-0.05, 0) is 6.42 Å². The van der Waals surface area contributed by atoms with Crippen LogP contribution in [0.2, 0.25) is 0 Å². The van der Waals surface area contributed by atoms with Gasteiger partial charge in [-0.15, -0.1) is 0 Å². The fourth-order valence-corrected chi connectivity index (χ4v) is 1.70. The molecule has 0 aliphatic heterocycles. The lowest BCUT2D eigenvalue weighted by Crippen LogP contribution is -2.64. The van der Waals surface area contributed by atoms with E-state index in [1.807, 2.05) is 13.8 Å². The molecule has 1 fully saturated rings. The van der Waals surface area contributed by atoms with Gasteiger partial charge in [-0.25, -0.2) is 0 Å². The first-order chi connectivity index (χ1) is 7.63. The van der Waals surface area contributed by atoms with Crippen molar-refractivity contribution < 1.29 is 22.7 Å². The van der Waals surface area contributed by atoms with Crippen molar-refractivity contribution in [1.29, 1.82) is 0 Å². The van der Waals surface area contributed by atoms with Crippen LogP contribution in [0.4, 0.5) is 13.2 Å². The van der Waals surface area contributed by atoms with Crippen LogP contribution in [0.5, 0.6) is 0 Å². The molecule has 0 aromatic rings. The molecule has 1 rings (SSSR count). The van der Waals surface area contributed by atoms with Crippen molar-refractivity contribution >= 4 is 5.91 Å². The number of hydrogen-bond acceptors (Lipinski definition) is 3. The predicted molar refractivity (Wildman–Crippen MR) is 55.2 cm³/mol. The monoisotopic (exact) mass is 254 g/mol. The van der Waals surface area contributed by atoms with E-state index in [1.165, 1.54) is 0 Å².